The van der Waals surface area contributed by atoms with Gasteiger partial charge in [0.1, 0.15) is 6.33 Å². The third kappa shape index (κ3) is 4.41. The van der Waals surface area contributed by atoms with Gasteiger partial charge in [0.15, 0.2) is 0 Å². The van der Waals surface area contributed by atoms with E-state index in [1.54, 1.807) is 0 Å². The summed E-state index contributed by atoms with van der Waals surface area (Å²) in [6.07, 6.45) is 1.19. The number of benzene rings is 1. The monoisotopic (exact) mass is 362 g/mol. The normalized spacial score (nSPS) is 15.9. The van der Waals surface area contributed by atoms with Crippen LogP contribution in [0.25, 0.3) is 0 Å². The molecule has 0 saturated carbocycles. The number of nitrogens with zero attached hydrogens (tertiary/aromatic N) is 5. The van der Waals surface area contributed by atoms with Gasteiger partial charge in [-0.25, -0.2) is 9.97 Å². The summed E-state index contributed by atoms with van der Waals surface area (Å²) in [5.74, 6) is 0.0804. The lowest BCUT2D eigenvalue weighted by molar-refractivity contribution is -0.384. The molecule has 1 aromatic carbocycles. The zero-order valence-electron chi connectivity index (χ0n) is 13.9. The predicted octanol–water partition coefficient (Wildman–Crippen LogP) is 2.53. The van der Waals surface area contributed by atoms with Crippen molar-refractivity contribution in [2.75, 3.05) is 38.5 Å². The van der Waals surface area contributed by atoms with Crippen molar-refractivity contribution in [1.82, 2.24) is 19.8 Å². The molecule has 1 aromatic heterocycles. The van der Waals surface area contributed by atoms with Crippen LogP contribution in [0.5, 0.6) is 0 Å². The lowest BCUT2D eigenvalue weighted by Crippen LogP contribution is -2.43. The molecular weight excluding hydrogens is 344 g/mol. The van der Waals surface area contributed by atoms with E-state index in [2.05, 4.69) is 32.1 Å². The Morgan fingerprint density at radius 3 is 2.52 bits per heavy atom. The fourth-order valence-electron chi connectivity index (χ4n) is 2.70. The van der Waals surface area contributed by atoms with Crippen LogP contribution in [0.2, 0.25) is 5.15 Å². The third-order valence-electron chi connectivity index (χ3n) is 4.18. The average Bonchev–Trinajstić information content (AvgIpc) is 2.58. The van der Waals surface area contributed by atoms with Gasteiger partial charge in [-0.3, -0.25) is 15.0 Å². The van der Waals surface area contributed by atoms with Crippen molar-refractivity contribution in [2.24, 2.45) is 0 Å². The molecule has 0 spiro atoms. The highest BCUT2D eigenvalue weighted by Gasteiger charge is 2.21. The summed E-state index contributed by atoms with van der Waals surface area (Å²) in [5.41, 5.74) is 1.58. The predicted molar refractivity (Wildman–Crippen MR) is 96.2 cm³/mol. The topological polar surface area (TPSA) is 87.4 Å². The van der Waals surface area contributed by atoms with Crippen LogP contribution in [-0.4, -0.2) is 57.9 Å². The molecule has 1 aliphatic rings. The van der Waals surface area contributed by atoms with Crippen LogP contribution in [0.15, 0.2) is 30.6 Å². The Bertz CT molecular complexity index is 747. The second kappa shape index (κ2) is 7.73. The van der Waals surface area contributed by atoms with Crippen molar-refractivity contribution in [2.45, 2.75) is 6.54 Å². The first-order valence-electron chi connectivity index (χ1n) is 7.94. The van der Waals surface area contributed by atoms with Crippen molar-refractivity contribution in [3.8, 4) is 0 Å². The maximum absolute atomic E-state index is 11.1. The molecule has 0 bridgehead atoms. The number of aromatic nitrogens is 2. The Balaban J connectivity index is 1.67. The standard InChI is InChI=1S/C16H19ClN6O2/c1-21-6-8-22(9-7-21)10-12-2-4-13(5-3-12)20-16-14(23(24)25)15(17)18-11-19-16/h2-5,11H,6-10H2,1H3,(H,18,19,20). The van der Waals surface area contributed by atoms with Crippen LogP contribution in [0.1, 0.15) is 5.56 Å². The highest BCUT2D eigenvalue weighted by Crippen LogP contribution is 2.30. The summed E-state index contributed by atoms with van der Waals surface area (Å²) in [5, 5.41) is 13.9. The van der Waals surface area contributed by atoms with Gasteiger partial charge in [-0.1, -0.05) is 23.7 Å². The molecule has 0 unspecified atom stereocenters. The Labute approximate surface area is 150 Å². The van der Waals surface area contributed by atoms with E-state index in [0.717, 1.165) is 32.7 Å². The van der Waals surface area contributed by atoms with Crippen molar-refractivity contribution in [3.05, 3.63) is 51.4 Å². The lowest BCUT2D eigenvalue weighted by Gasteiger charge is -2.32. The van der Waals surface area contributed by atoms with Gasteiger partial charge >= 0.3 is 5.69 Å². The number of hydrogen-bond donors (Lipinski definition) is 1. The minimum atomic E-state index is -0.591. The molecule has 1 N–H and O–H groups in total. The van der Waals surface area contributed by atoms with Gasteiger partial charge in [0.05, 0.1) is 4.92 Å². The number of halogens is 1. The van der Waals surface area contributed by atoms with Crippen LogP contribution in [0.3, 0.4) is 0 Å². The van der Waals surface area contributed by atoms with Gasteiger partial charge < -0.3 is 10.2 Å². The Morgan fingerprint density at radius 1 is 1.20 bits per heavy atom. The molecule has 2 heterocycles. The molecule has 1 aliphatic heterocycles. The van der Waals surface area contributed by atoms with E-state index >= 15 is 0 Å². The van der Waals surface area contributed by atoms with Crippen LogP contribution < -0.4 is 5.32 Å². The molecule has 0 atom stereocenters. The van der Waals surface area contributed by atoms with E-state index < -0.39 is 4.92 Å². The van der Waals surface area contributed by atoms with Gasteiger partial charge in [-0.2, -0.15) is 0 Å². The number of nitro groups is 1. The summed E-state index contributed by atoms with van der Waals surface area (Å²) in [4.78, 5) is 22.8. The summed E-state index contributed by atoms with van der Waals surface area (Å²) in [6, 6.07) is 7.78. The summed E-state index contributed by atoms with van der Waals surface area (Å²) >= 11 is 5.79. The highest BCUT2D eigenvalue weighted by molar-refractivity contribution is 6.31. The highest BCUT2D eigenvalue weighted by atomic mass is 35.5. The first-order chi connectivity index (χ1) is 12.0. The Hall–Kier alpha value is -2.29. The Kier molecular flexibility index (Phi) is 5.42. The summed E-state index contributed by atoms with van der Waals surface area (Å²) in [6.45, 7) is 5.17. The zero-order chi connectivity index (χ0) is 17.8. The first kappa shape index (κ1) is 17.5. The molecule has 0 aliphatic carbocycles. The van der Waals surface area contributed by atoms with Crippen molar-refractivity contribution in [3.63, 3.8) is 0 Å². The third-order valence-corrected chi connectivity index (χ3v) is 4.46. The summed E-state index contributed by atoms with van der Waals surface area (Å²) in [7, 11) is 2.14. The van der Waals surface area contributed by atoms with Crippen LogP contribution in [0.4, 0.5) is 17.2 Å². The molecule has 132 valence electrons. The molecule has 25 heavy (non-hydrogen) atoms. The fourth-order valence-corrected chi connectivity index (χ4v) is 2.91. The van der Waals surface area contributed by atoms with Crippen molar-refractivity contribution < 1.29 is 4.92 Å². The van der Waals surface area contributed by atoms with E-state index in [0.29, 0.717) is 5.69 Å². The van der Waals surface area contributed by atoms with E-state index in [4.69, 9.17) is 11.6 Å². The van der Waals surface area contributed by atoms with E-state index in [9.17, 15) is 10.1 Å². The van der Waals surface area contributed by atoms with Crippen LogP contribution >= 0.6 is 11.6 Å². The van der Waals surface area contributed by atoms with Gasteiger partial charge in [0.25, 0.3) is 0 Å². The van der Waals surface area contributed by atoms with Gasteiger partial charge in [-0.15, -0.1) is 0 Å². The summed E-state index contributed by atoms with van der Waals surface area (Å²) < 4.78 is 0. The second-order valence-corrected chi connectivity index (χ2v) is 6.38. The van der Waals surface area contributed by atoms with Crippen LogP contribution in [-0.2, 0) is 6.54 Å². The molecule has 1 saturated heterocycles. The molecule has 8 nitrogen and oxygen atoms in total. The van der Waals surface area contributed by atoms with Gasteiger partial charge in [-0.05, 0) is 24.7 Å². The van der Waals surface area contributed by atoms with E-state index in [1.807, 2.05) is 24.3 Å². The molecular formula is C16H19ClN6O2. The zero-order valence-corrected chi connectivity index (χ0v) is 14.6. The first-order valence-corrected chi connectivity index (χ1v) is 8.32. The maximum Gasteiger partial charge on any atom is 0.348 e. The van der Waals surface area contributed by atoms with E-state index in [1.165, 1.54) is 11.9 Å². The lowest BCUT2D eigenvalue weighted by atomic mass is 10.2. The minimum Gasteiger partial charge on any atom is -0.334 e. The largest absolute Gasteiger partial charge is 0.348 e. The fraction of sp³-hybridized carbons (Fsp3) is 0.375. The smallest absolute Gasteiger partial charge is 0.334 e. The molecule has 0 radical (unpaired) electrons. The number of likely N-dealkylation sites (N-methyl/N-ethyl adjacent to an activating group) is 1. The number of piperazine rings is 1. The molecule has 3 rings (SSSR count). The van der Waals surface area contributed by atoms with Crippen molar-refractivity contribution >= 4 is 28.8 Å². The number of hydrogen-bond acceptors (Lipinski definition) is 7. The van der Waals surface area contributed by atoms with E-state index in [-0.39, 0.29) is 16.7 Å². The number of rotatable bonds is 5. The molecule has 9 heteroatoms. The van der Waals surface area contributed by atoms with Gasteiger partial charge in [0, 0.05) is 38.4 Å². The molecule has 0 amide bonds. The quantitative estimate of drug-likeness (QED) is 0.496. The average molecular weight is 363 g/mol. The molecule has 1 fully saturated rings. The second-order valence-electron chi connectivity index (χ2n) is 6.02. The number of anilines is 2. The Morgan fingerprint density at radius 2 is 1.88 bits per heavy atom. The minimum absolute atomic E-state index is 0.0804. The SMILES string of the molecule is CN1CCN(Cc2ccc(Nc3ncnc(Cl)c3[N+](=O)[O-])cc2)CC1. The van der Waals surface area contributed by atoms with Crippen LogP contribution in [0, 0.1) is 10.1 Å². The molecule has 2 aromatic rings. The maximum atomic E-state index is 11.1. The van der Waals surface area contributed by atoms with Crippen molar-refractivity contribution in [1.29, 1.82) is 0 Å². The van der Waals surface area contributed by atoms with Gasteiger partial charge in [0.2, 0.25) is 11.0 Å². The number of nitrogens with one attached hydrogen (secondary N) is 1.